The Balaban J connectivity index is 1.31. The first kappa shape index (κ1) is 29.6. The summed E-state index contributed by atoms with van der Waals surface area (Å²) in [5.41, 5.74) is 1.80. The summed E-state index contributed by atoms with van der Waals surface area (Å²) in [7, 11) is -3.86. The number of hydrogen-bond acceptors (Lipinski definition) is 10. The van der Waals surface area contributed by atoms with E-state index in [-0.39, 0.29) is 48.4 Å². The van der Waals surface area contributed by atoms with Crippen molar-refractivity contribution in [3.63, 3.8) is 0 Å². The summed E-state index contributed by atoms with van der Waals surface area (Å²) >= 11 is 0. The maximum Gasteiger partial charge on any atom is 0.303 e. The average molecular weight is 597 g/mol. The highest BCUT2D eigenvalue weighted by Crippen LogP contribution is 2.32. The molecule has 0 radical (unpaired) electrons. The van der Waals surface area contributed by atoms with Gasteiger partial charge in [0.05, 0.1) is 17.4 Å². The molecule has 1 aliphatic carbocycles. The lowest BCUT2D eigenvalue weighted by Crippen LogP contribution is -2.53. The zero-order chi connectivity index (χ0) is 30.0. The Morgan fingerprint density at radius 3 is 2.38 bits per heavy atom. The summed E-state index contributed by atoms with van der Waals surface area (Å²) in [6.07, 6.45) is 7.83. The van der Waals surface area contributed by atoms with E-state index in [0.29, 0.717) is 41.9 Å². The number of piperazine rings is 1. The minimum atomic E-state index is -3.86. The van der Waals surface area contributed by atoms with Gasteiger partial charge < -0.3 is 10.2 Å². The van der Waals surface area contributed by atoms with Crippen molar-refractivity contribution in [3.8, 4) is 0 Å². The van der Waals surface area contributed by atoms with Gasteiger partial charge in [0, 0.05) is 50.2 Å². The number of Topliss-reactive ketones (excluding diaryl/α,β-unsaturated/α-hetero) is 1. The molecule has 2 N–H and O–H groups in total. The molecule has 0 unspecified atom stereocenters. The molecule has 1 saturated carbocycles. The fourth-order valence-corrected chi connectivity index (χ4v) is 6.91. The van der Waals surface area contributed by atoms with Crippen molar-refractivity contribution in [1.82, 2.24) is 28.5 Å². The highest BCUT2D eigenvalue weighted by atomic mass is 32.2. The average Bonchev–Trinajstić information content (AvgIpc) is 3.48. The third-order valence-corrected chi connectivity index (χ3v) is 9.43. The van der Waals surface area contributed by atoms with Crippen LogP contribution in [-0.2, 0) is 15.0 Å². The highest BCUT2D eigenvalue weighted by Gasteiger charge is 2.29. The number of anilines is 3. The quantitative estimate of drug-likeness (QED) is 0.352. The van der Waals surface area contributed by atoms with Crippen LogP contribution in [0.3, 0.4) is 0 Å². The van der Waals surface area contributed by atoms with Gasteiger partial charge >= 0.3 is 10.2 Å². The number of hydrogen-bond donors (Lipinski definition) is 2. The molecule has 3 aromatic rings. The number of carbonyl (C=O) groups is 2. The van der Waals surface area contributed by atoms with Crippen molar-refractivity contribution in [3.05, 3.63) is 46.0 Å². The van der Waals surface area contributed by atoms with Gasteiger partial charge in [0.1, 0.15) is 11.5 Å². The van der Waals surface area contributed by atoms with Gasteiger partial charge in [0.25, 0.3) is 5.56 Å². The smallest absolute Gasteiger partial charge is 0.303 e. The molecule has 2 aliphatic rings. The van der Waals surface area contributed by atoms with Crippen LogP contribution in [0.2, 0.25) is 0 Å². The molecule has 0 bridgehead atoms. The Morgan fingerprint density at radius 1 is 1.05 bits per heavy atom. The van der Waals surface area contributed by atoms with E-state index in [1.165, 1.54) is 11.2 Å². The number of aryl methyl sites for hydroxylation is 1. The summed E-state index contributed by atoms with van der Waals surface area (Å²) in [5.74, 6) is 0.0254. The molecule has 4 heterocycles. The number of pyridine rings is 2. The molecule has 14 heteroatoms. The number of rotatable bonds is 9. The van der Waals surface area contributed by atoms with Crippen LogP contribution >= 0.6 is 0 Å². The van der Waals surface area contributed by atoms with Crippen LogP contribution in [0.15, 0.2) is 29.3 Å². The zero-order valence-electron chi connectivity index (χ0n) is 24.1. The third-order valence-electron chi connectivity index (χ3n) is 7.90. The van der Waals surface area contributed by atoms with Gasteiger partial charge in [-0.25, -0.2) is 14.7 Å². The van der Waals surface area contributed by atoms with Crippen molar-refractivity contribution in [1.29, 1.82) is 0 Å². The number of ketones is 1. The Bertz CT molecular complexity index is 1660. The van der Waals surface area contributed by atoms with E-state index in [1.807, 2.05) is 17.9 Å². The monoisotopic (exact) mass is 596 g/mol. The summed E-state index contributed by atoms with van der Waals surface area (Å²) < 4.78 is 30.1. The first-order valence-corrected chi connectivity index (χ1v) is 15.7. The molecule has 0 spiro atoms. The maximum atomic E-state index is 13.4. The summed E-state index contributed by atoms with van der Waals surface area (Å²) in [6, 6.07) is 3.65. The standard InChI is InChI=1S/C28H36N8O5S/c1-4-7-24(38)33-42(40,41)35-14-12-34(13-15-35)21-10-11-23(29-16-21)31-28-30-17-22-18(2)25(19(3)37)27(39)36(26(22)32-28)20-8-5-6-9-20/h10-11,16-17,20H,4-9,12-15H2,1-3H3,(H,33,38)(H,29,30,31,32). The molecule has 1 amide bonds. The van der Waals surface area contributed by atoms with Crippen LogP contribution in [0, 0.1) is 6.92 Å². The van der Waals surface area contributed by atoms with Crippen LogP contribution < -0.4 is 20.5 Å². The van der Waals surface area contributed by atoms with E-state index in [4.69, 9.17) is 4.98 Å². The van der Waals surface area contributed by atoms with E-state index in [9.17, 15) is 22.8 Å². The Kier molecular flexibility index (Phi) is 8.55. The molecule has 42 heavy (non-hydrogen) atoms. The van der Waals surface area contributed by atoms with Crippen molar-refractivity contribution in [2.75, 3.05) is 36.4 Å². The molecule has 2 fully saturated rings. The number of nitrogens with zero attached hydrogens (tertiary/aromatic N) is 6. The molecule has 0 atom stereocenters. The number of carbonyl (C=O) groups excluding carboxylic acids is 2. The Morgan fingerprint density at radius 2 is 1.76 bits per heavy atom. The lowest BCUT2D eigenvalue weighted by Gasteiger charge is -2.35. The van der Waals surface area contributed by atoms with E-state index in [0.717, 1.165) is 31.4 Å². The van der Waals surface area contributed by atoms with Crippen LogP contribution in [0.4, 0.5) is 17.5 Å². The fourth-order valence-electron chi connectivity index (χ4n) is 5.74. The van der Waals surface area contributed by atoms with E-state index < -0.39 is 16.1 Å². The van der Waals surface area contributed by atoms with Crippen molar-refractivity contribution in [2.45, 2.75) is 65.3 Å². The van der Waals surface area contributed by atoms with E-state index in [2.05, 4.69) is 20.0 Å². The van der Waals surface area contributed by atoms with Gasteiger partial charge in [-0.15, -0.1) is 0 Å². The van der Waals surface area contributed by atoms with Gasteiger partial charge in [-0.05, 0) is 50.8 Å². The minimum absolute atomic E-state index is 0.0121. The largest absolute Gasteiger partial charge is 0.368 e. The SMILES string of the molecule is CCCC(=O)NS(=O)(=O)N1CCN(c2ccc(Nc3ncc4c(C)c(C(C)=O)c(=O)n(C5CCCC5)c4n3)nc2)CC1. The lowest BCUT2D eigenvalue weighted by molar-refractivity contribution is -0.119. The molecule has 224 valence electrons. The zero-order valence-corrected chi connectivity index (χ0v) is 24.9. The van der Waals surface area contributed by atoms with Crippen LogP contribution in [0.25, 0.3) is 11.0 Å². The van der Waals surface area contributed by atoms with Gasteiger partial charge in [-0.2, -0.15) is 17.7 Å². The number of amides is 1. The molecule has 1 saturated heterocycles. The van der Waals surface area contributed by atoms with Crippen molar-refractivity contribution < 1.29 is 18.0 Å². The van der Waals surface area contributed by atoms with Crippen molar-refractivity contribution >= 4 is 50.4 Å². The minimum Gasteiger partial charge on any atom is -0.368 e. The lowest BCUT2D eigenvalue weighted by atomic mass is 10.0. The normalized spacial score (nSPS) is 16.6. The summed E-state index contributed by atoms with van der Waals surface area (Å²) in [4.78, 5) is 53.2. The van der Waals surface area contributed by atoms with Crippen molar-refractivity contribution in [2.24, 2.45) is 0 Å². The fraction of sp³-hybridized carbons (Fsp3) is 0.500. The molecule has 5 rings (SSSR count). The first-order chi connectivity index (χ1) is 20.1. The second kappa shape index (κ2) is 12.1. The maximum absolute atomic E-state index is 13.4. The molecule has 3 aromatic heterocycles. The van der Waals surface area contributed by atoms with Gasteiger partial charge in [-0.1, -0.05) is 19.8 Å². The Labute approximate surface area is 244 Å². The van der Waals surface area contributed by atoms with Gasteiger partial charge in [0.2, 0.25) is 11.9 Å². The van der Waals surface area contributed by atoms with E-state index >= 15 is 0 Å². The van der Waals surface area contributed by atoms with E-state index in [1.54, 1.807) is 30.0 Å². The Hall–Kier alpha value is -3.91. The second-order valence-corrected chi connectivity index (χ2v) is 12.5. The molecule has 1 aliphatic heterocycles. The second-order valence-electron chi connectivity index (χ2n) is 10.8. The van der Waals surface area contributed by atoms with Gasteiger partial charge in [0.15, 0.2) is 5.78 Å². The van der Waals surface area contributed by atoms with Crippen LogP contribution in [-0.4, -0.2) is 70.1 Å². The highest BCUT2D eigenvalue weighted by molar-refractivity contribution is 7.87. The summed E-state index contributed by atoms with van der Waals surface area (Å²) in [6.45, 7) is 6.37. The van der Waals surface area contributed by atoms with Crippen LogP contribution in [0.5, 0.6) is 0 Å². The number of nitrogens with one attached hydrogen (secondary N) is 2. The topological polar surface area (TPSA) is 159 Å². The third kappa shape index (κ3) is 6.00. The predicted octanol–water partition coefficient (Wildman–Crippen LogP) is 2.84. The summed E-state index contributed by atoms with van der Waals surface area (Å²) in [5, 5.41) is 3.79. The predicted molar refractivity (Wildman–Crippen MR) is 159 cm³/mol. The first-order valence-electron chi connectivity index (χ1n) is 14.3. The number of aromatic nitrogens is 4. The molecule has 13 nitrogen and oxygen atoms in total. The molecule has 0 aromatic carbocycles. The number of fused-ring (bicyclic) bond motifs is 1. The van der Waals surface area contributed by atoms with Crippen LogP contribution in [0.1, 0.15) is 74.3 Å². The molecular formula is C28H36N8O5S. The van der Waals surface area contributed by atoms with Gasteiger partial charge in [-0.3, -0.25) is 19.0 Å². The molecular weight excluding hydrogens is 560 g/mol.